The zero-order chi connectivity index (χ0) is 10.1. The Kier molecular flexibility index (Phi) is 4.24. The Hall–Kier alpha value is -0.464. The van der Waals surface area contributed by atoms with Crippen LogP contribution in [0.2, 0.25) is 0 Å². The van der Waals surface area contributed by atoms with Crippen LogP contribution >= 0.6 is 0 Å². The third-order valence-corrected chi connectivity index (χ3v) is 1.96. The molecule has 72 valence electrons. The number of pyridine rings is 1. The number of hydrogen-bond donors (Lipinski definition) is 2. The van der Waals surface area contributed by atoms with Crippen molar-refractivity contribution in [2.24, 2.45) is 0 Å². The molecule has 0 saturated carbocycles. The fraction of sp³-hybridized carbons (Fsp3) is 0. The van der Waals surface area contributed by atoms with E-state index in [0.717, 1.165) is 5.39 Å². The van der Waals surface area contributed by atoms with E-state index in [-0.39, 0.29) is 56.9 Å². The van der Waals surface area contributed by atoms with Gasteiger partial charge in [0, 0.05) is 5.39 Å². The monoisotopic (exact) mass is 228 g/mol. The first-order chi connectivity index (χ1) is 6.66. The number of benzene rings is 1. The molecule has 0 unspecified atom stereocenters. The number of fused-ring (bicyclic) bond motifs is 1. The number of carboxylic acid groups (broad SMARTS) is 1. The van der Waals surface area contributed by atoms with Gasteiger partial charge in [-0.3, -0.25) is 0 Å². The predicted octanol–water partition coefficient (Wildman–Crippen LogP) is 0.867. The van der Waals surface area contributed by atoms with Crippen LogP contribution in [0.25, 0.3) is 10.9 Å². The van der Waals surface area contributed by atoms with E-state index < -0.39 is 5.97 Å². The number of hydrogen-bond acceptors (Lipinski definition) is 3. The number of nitrogens with two attached hydrogens (primary N) is 1. The SMILES string of the molecule is Nc1ccc2cc(C(=O)O)ccc2n1.[KH]. The summed E-state index contributed by atoms with van der Waals surface area (Å²) in [6.07, 6.45) is 0. The van der Waals surface area contributed by atoms with E-state index in [9.17, 15) is 4.79 Å². The molecule has 1 aromatic carbocycles. The first-order valence-corrected chi connectivity index (χ1v) is 4.06. The average molecular weight is 228 g/mol. The summed E-state index contributed by atoms with van der Waals surface area (Å²) in [4.78, 5) is 14.7. The van der Waals surface area contributed by atoms with Gasteiger partial charge in [-0.15, -0.1) is 0 Å². The predicted molar refractivity (Wildman–Crippen MR) is 60.3 cm³/mol. The zero-order valence-electron chi connectivity index (χ0n) is 7.27. The molecule has 0 spiro atoms. The molecular weight excluding hydrogens is 219 g/mol. The van der Waals surface area contributed by atoms with Crippen molar-refractivity contribution in [1.29, 1.82) is 0 Å². The van der Waals surface area contributed by atoms with Crippen LogP contribution in [0.1, 0.15) is 10.4 Å². The summed E-state index contributed by atoms with van der Waals surface area (Å²) in [5.41, 5.74) is 6.45. The maximum absolute atomic E-state index is 10.7. The van der Waals surface area contributed by atoms with E-state index in [2.05, 4.69) is 4.98 Å². The van der Waals surface area contributed by atoms with E-state index in [1.807, 2.05) is 0 Å². The number of nitrogens with zero attached hydrogens (tertiary/aromatic N) is 1. The van der Waals surface area contributed by atoms with E-state index in [0.29, 0.717) is 11.3 Å². The quantitative estimate of drug-likeness (QED) is 0.710. The summed E-state index contributed by atoms with van der Waals surface area (Å²) in [7, 11) is 0. The third-order valence-electron chi connectivity index (χ3n) is 1.96. The maximum atomic E-state index is 10.7. The zero-order valence-corrected chi connectivity index (χ0v) is 7.27. The number of carbonyl (C=O) groups is 1. The molecule has 4 nitrogen and oxygen atoms in total. The second kappa shape index (κ2) is 5.04. The Labute approximate surface area is 129 Å². The molecule has 5 heteroatoms. The first kappa shape index (κ1) is 12.6. The molecule has 1 aromatic heterocycles. The Morgan fingerprint density at radius 2 is 2.00 bits per heavy atom. The standard InChI is InChI=1S/C10H8N2O2.K.H/c11-9-4-2-6-5-7(10(13)14)1-3-8(6)12-9;;/h1-5H,(H2,11,12)(H,13,14);;. The molecule has 0 aliphatic carbocycles. The van der Waals surface area contributed by atoms with Gasteiger partial charge in [0.2, 0.25) is 0 Å². The molecule has 0 aliphatic rings. The fourth-order valence-electron chi connectivity index (χ4n) is 1.27. The van der Waals surface area contributed by atoms with E-state index in [4.69, 9.17) is 10.8 Å². The van der Waals surface area contributed by atoms with Crippen LogP contribution in [0.4, 0.5) is 5.82 Å². The molecule has 0 fully saturated rings. The summed E-state index contributed by atoms with van der Waals surface area (Å²) in [6, 6.07) is 8.13. The van der Waals surface area contributed by atoms with Crippen LogP contribution in [0.15, 0.2) is 30.3 Å². The summed E-state index contributed by atoms with van der Waals surface area (Å²) < 4.78 is 0. The van der Waals surface area contributed by atoms with E-state index >= 15 is 0 Å². The van der Waals surface area contributed by atoms with Crippen LogP contribution in [0.3, 0.4) is 0 Å². The topological polar surface area (TPSA) is 76.2 Å². The van der Waals surface area contributed by atoms with Crippen molar-refractivity contribution >= 4 is 74.1 Å². The molecule has 3 N–H and O–H groups in total. The van der Waals surface area contributed by atoms with Gasteiger partial charge < -0.3 is 10.8 Å². The number of aromatic nitrogens is 1. The molecule has 1 heterocycles. The second-order valence-electron chi connectivity index (χ2n) is 2.95. The number of anilines is 1. The number of rotatable bonds is 1. The van der Waals surface area contributed by atoms with Gasteiger partial charge in [0.25, 0.3) is 0 Å². The number of aromatic carboxylic acids is 1. The number of carboxylic acids is 1. The normalized spacial score (nSPS) is 9.60. The van der Waals surface area contributed by atoms with Gasteiger partial charge >= 0.3 is 57.4 Å². The van der Waals surface area contributed by atoms with E-state index in [1.54, 1.807) is 24.3 Å². The molecule has 0 aliphatic heterocycles. The van der Waals surface area contributed by atoms with Crippen molar-refractivity contribution in [3.8, 4) is 0 Å². The van der Waals surface area contributed by atoms with E-state index in [1.165, 1.54) is 6.07 Å². The van der Waals surface area contributed by atoms with Gasteiger partial charge in [0.05, 0.1) is 11.1 Å². The summed E-state index contributed by atoms with van der Waals surface area (Å²) in [5.74, 6) is -0.510. The molecule has 0 bridgehead atoms. The Balaban J connectivity index is 0.00000112. The minimum atomic E-state index is -0.941. The van der Waals surface area contributed by atoms with Gasteiger partial charge in [0.1, 0.15) is 5.82 Å². The first-order valence-electron chi connectivity index (χ1n) is 4.06. The minimum absolute atomic E-state index is 0. The summed E-state index contributed by atoms with van der Waals surface area (Å²) >= 11 is 0. The van der Waals surface area contributed by atoms with Crippen molar-refractivity contribution in [2.45, 2.75) is 0 Å². The van der Waals surface area contributed by atoms with Gasteiger partial charge in [-0.2, -0.15) is 0 Å². The second-order valence-corrected chi connectivity index (χ2v) is 2.95. The van der Waals surface area contributed by atoms with Crippen LogP contribution in [0, 0.1) is 0 Å². The van der Waals surface area contributed by atoms with Crippen molar-refractivity contribution < 1.29 is 9.90 Å². The van der Waals surface area contributed by atoms with Crippen LogP contribution in [0.5, 0.6) is 0 Å². The van der Waals surface area contributed by atoms with Crippen molar-refractivity contribution in [2.75, 3.05) is 5.73 Å². The molecule has 2 rings (SSSR count). The van der Waals surface area contributed by atoms with Crippen molar-refractivity contribution in [1.82, 2.24) is 4.98 Å². The fourth-order valence-corrected chi connectivity index (χ4v) is 1.27. The van der Waals surface area contributed by atoms with Gasteiger partial charge in [-0.05, 0) is 30.3 Å². The average Bonchev–Trinajstić information content (AvgIpc) is 2.16. The molecular formula is C10H9KN2O2. The van der Waals surface area contributed by atoms with Crippen molar-refractivity contribution in [3.63, 3.8) is 0 Å². The molecule has 0 radical (unpaired) electrons. The van der Waals surface area contributed by atoms with Gasteiger partial charge in [-0.1, -0.05) is 0 Å². The molecule has 0 amide bonds. The molecule has 2 aromatic rings. The number of nitrogen functional groups attached to an aromatic ring is 1. The van der Waals surface area contributed by atoms with Crippen LogP contribution < -0.4 is 5.73 Å². The van der Waals surface area contributed by atoms with Crippen LogP contribution in [-0.2, 0) is 0 Å². The van der Waals surface area contributed by atoms with Gasteiger partial charge in [0.15, 0.2) is 0 Å². The van der Waals surface area contributed by atoms with Crippen molar-refractivity contribution in [3.05, 3.63) is 35.9 Å². The molecule has 0 saturated heterocycles. The van der Waals surface area contributed by atoms with Crippen LogP contribution in [-0.4, -0.2) is 67.4 Å². The summed E-state index contributed by atoms with van der Waals surface area (Å²) in [6.45, 7) is 0. The Bertz CT molecular complexity index is 514. The Morgan fingerprint density at radius 1 is 1.27 bits per heavy atom. The molecule has 0 atom stereocenters. The summed E-state index contributed by atoms with van der Waals surface area (Å²) in [5, 5.41) is 9.53. The van der Waals surface area contributed by atoms with Gasteiger partial charge in [-0.25, -0.2) is 9.78 Å². The molecule has 15 heavy (non-hydrogen) atoms. The third kappa shape index (κ3) is 2.76. The Morgan fingerprint density at radius 3 is 2.67 bits per heavy atom.